The zero-order valence-electron chi connectivity index (χ0n) is 15.5. The van der Waals surface area contributed by atoms with Gasteiger partial charge in [0.15, 0.2) is 0 Å². The van der Waals surface area contributed by atoms with Crippen LogP contribution in [0.2, 0.25) is 0 Å². The van der Waals surface area contributed by atoms with Crippen molar-refractivity contribution in [2.45, 2.75) is 61.5 Å². The van der Waals surface area contributed by atoms with Gasteiger partial charge in [-0.25, -0.2) is 4.79 Å². The van der Waals surface area contributed by atoms with E-state index < -0.39 is 71.9 Å². The molecule has 0 saturated heterocycles. The number of carbonyl (C=O) groups is 1. The highest BCUT2D eigenvalue weighted by molar-refractivity contribution is 5.87. The summed E-state index contributed by atoms with van der Waals surface area (Å²) < 4.78 is 226. The molecule has 0 spiro atoms. The summed E-state index contributed by atoms with van der Waals surface area (Å²) in [5, 5.41) is 0. The Hall–Kier alpha value is -1.98. The van der Waals surface area contributed by atoms with Crippen LogP contribution in [-0.2, 0) is 9.53 Å². The van der Waals surface area contributed by atoms with Gasteiger partial charge in [0.05, 0.1) is 6.61 Å². The standard InChI is InChI=1S/C14H9F17O2/c1-3-33-6(32)5(2)4-7(15,16)8(17,18)9(19,20)10(21,22)11(23,24)12(25,26)13(27,28)14(29,30)31/h4H,3H2,1-2H3. The fraction of sp³-hybridized carbons (Fsp3) is 0.786. The SMILES string of the molecule is CCOC(=O)C(C)=CC(F)(F)C(F)(F)C(F)(F)C(F)(F)C(F)(F)C(F)(F)C(F)(F)C(F)(F)F. The molecule has 19 heteroatoms. The lowest BCUT2D eigenvalue weighted by atomic mass is 9.88. The largest absolute Gasteiger partial charge is 0.463 e. The Balaban J connectivity index is 6.77. The lowest BCUT2D eigenvalue weighted by Gasteiger charge is -2.42. The zero-order valence-corrected chi connectivity index (χ0v) is 15.5. The van der Waals surface area contributed by atoms with Crippen molar-refractivity contribution in [1.29, 1.82) is 0 Å². The van der Waals surface area contributed by atoms with E-state index in [4.69, 9.17) is 0 Å². The molecular formula is C14H9F17O2. The zero-order chi connectivity index (χ0) is 27.3. The van der Waals surface area contributed by atoms with Crippen LogP contribution >= 0.6 is 0 Å². The Bertz CT molecular complexity index is 762. The molecule has 0 aliphatic rings. The first-order chi connectivity index (χ1) is 14.1. The normalized spacial score (nSPS) is 16.2. The quantitative estimate of drug-likeness (QED) is 0.193. The molecule has 0 atom stereocenters. The highest BCUT2D eigenvalue weighted by atomic mass is 19.4. The molecule has 0 bridgehead atoms. The van der Waals surface area contributed by atoms with E-state index in [1.165, 1.54) is 0 Å². The van der Waals surface area contributed by atoms with Gasteiger partial charge >= 0.3 is 53.6 Å². The molecule has 0 rings (SSSR count). The number of alkyl halides is 17. The minimum Gasteiger partial charge on any atom is -0.463 e. The number of carbonyl (C=O) groups excluding carboxylic acids is 1. The maximum atomic E-state index is 13.6. The van der Waals surface area contributed by atoms with Gasteiger partial charge in [0.2, 0.25) is 0 Å². The van der Waals surface area contributed by atoms with Crippen molar-refractivity contribution in [2.75, 3.05) is 6.61 Å². The van der Waals surface area contributed by atoms with Gasteiger partial charge in [-0.2, -0.15) is 74.6 Å². The number of halogens is 17. The Morgan fingerprint density at radius 1 is 0.606 bits per heavy atom. The molecule has 0 N–H and O–H groups in total. The first-order valence-electron chi connectivity index (χ1n) is 7.69. The molecule has 0 aromatic carbocycles. The van der Waals surface area contributed by atoms with Crippen molar-refractivity contribution in [3.8, 4) is 0 Å². The highest BCUT2D eigenvalue weighted by Gasteiger charge is 2.95. The van der Waals surface area contributed by atoms with E-state index >= 15 is 0 Å². The average molecular weight is 532 g/mol. The molecule has 0 aliphatic carbocycles. The molecule has 0 fully saturated rings. The molecule has 0 heterocycles. The predicted octanol–water partition coefficient (Wildman–Crippen LogP) is 6.51. The predicted molar refractivity (Wildman–Crippen MR) is 71.1 cm³/mol. The third-order valence-electron chi connectivity index (χ3n) is 3.74. The number of hydrogen-bond acceptors (Lipinski definition) is 2. The molecule has 33 heavy (non-hydrogen) atoms. The third-order valence-corrected chi connectivity index (χ3v) is 3.74. The van der Waals surface area contributed by atoms with Crippen molar-refractivity contribution >= 4 is 5.97 Å². The fourth-order valence-corrected chi connectivity index (χ4v) is 1.84. The van der Waals surface area contributed by atoms with Crippen LogP contribution in [-0.4, -0.2) is 60.2 Å². The first-order valence-corrected chi connectivity index (χ1v) is 7.69. The van der Waals surface area contributed by atoms with Gasteiger partial charge in [0.25, 0.3) is 0 Å². The van der Waals surface area contributed by atoms with Gasteiger partial charge in [-0.1, -0.05) is 0 Å². The summed E-state index contributed by atoms with van der Waals surface area (Å²) in [5.74, 6) is -59.1. The monoisotopic (exact) mass is 532 g/mol. The topological polar surface area (TPSA) is 26.3 Å². The van der Waals surface area contributed by atoms with Crippen LogP contribution in [0, 0.1) is 0 Å². The van der Waals surface area contributed by atoms with Crippen molar-refractivity contribution in [3.63, 3.8) is 0 Å². The summed E-state index contributed by atoms with van der Waals surface area (Å²) in [6.07, 6.45) is -9.33. The van der Waals surface area contributed by atoms with E-state index in [1.807, 2.05) is 0 Å². The van der Waals surface area contributed by atoms with Crippen LogP contribution in [0.25, 0.3) is 0 Å². The van der Waals surface area contributed by atoms with Crippen molar-refractivity contribution in [1.82, 2.24) is 0 Å². The third kappa shape index (κ3) is 4.42. The van der Waals surface area contributed by atoms with Gasteiger partial charge in [-0.3, -0.25) is 0 Å². The fourth-order valence-electron chi connectivity index (χ4n) is 1.84. The molecule has 2 nitrogen and oxygen atoms in total. The second-order valence-corrected chi connectivity index (χ2v) is 6.11. The van der Waals surface area contributed by atoms with Crippen LogP contribution in [0.15, 0.2) is 11.6 Å². The van der Waals surface area contributed by atoms with Gasteiger partial charge in [-0.15, -0.1) is 0 Å². The van der Waals surface area contributed by atoms with E-state index in [1.54, 1.807) is 0 Å². The Kier molecular flexibility index (Phi) is 7.85. The van der Waals surface area contributed by atoms with Gasteiger partial charge < -0.3 is 4.74 Å². The second kappa shape index (κ2) is 8.35. The lowest BCUT2D eigenvalue weighted by Crippen LogP contribution is -2.74. The van der Waals surface area contributed by atoms with Crippen LogP contribution in [0.5, 0.6) is 0 Å². The molecule has 0 aliphatic heterocycles. The minimum atomic E-state index is -8.69. The van der Waals surface area contributed by atoms with Crippen LogP contribution in [0.4, 0.5) is 74.6 Å². The van der Waals surface area contributed by atoms with E-state index in [9.17, 15) is 79.4 Å². The molecule has 196 valence electrons. The van der Waals surface area contributed by atoms with Gasteiger partial charge in [-0.05, 0) is 13.8 Å². The summed E-state index contributed by atoms with van der Waals surface area (Å²) >= 11 is 0. The molecule has 0 aromatic rings. The summed E-state index contributed by atoms with van der Waals surface area (Å²) in [5.41, 5.74) is -1.72. The lowest BCUT2D eigenvalue weighted by molar-refractivity contribution is -0.459. The molecule has 0 saturated carbocycles. The number of ether oxygens (including phenoxy) is 1. The Labute approximate surface area is 171 Å². The van der Waals surface area contributed by atoms with E-state index in [0.717, 1.165) is 6.92 Å². The summed E-state index contributed by atoms with van der Waals surface area (Å²) in [6, 6.07) is 0. The van der Waals surface area contributed by atoms with E-state index in [0.29, 0.717) is 0 Å². The Morgan fingerprint density at radius 2 is 0.909 bits per heavy atom. The van der Waals surface area contributed by atoms with Gasteiger partial charge in [0.1, 0.15) is 0 Å². The Morgan fingerprint density at radius 3 is 1.21 bits per heavy atom. The first kappa shape index (κ1) is 31.0. The molecule has 0 radical (unpaired) electrons. The number of hydrogen-bond donors (Lipinski definition) is 0. The number of rotatable bonds is 9. The highest BCUT2D eigenvalue weighted by Crippen LogP contribution is 2.64. The number of allylic oxidation sites excluding steroid dienone is 1. The van der Waals surface area contributed by atoms with Crippen molar-refractivity contribution in [3.05, 3.63) is 11.6 Å². The molecular weight excluding hydrogens is 523 g/mol. The van der Waals surface area contributed by atoms with E-state index in [-0.39, 0.29) is 6.92 Å². The molecule has 0 aromatic heterocycles. The smallest absolute Gasteiger partial charge is 0.460 e. The summed E-state index contributed by atoms with van der Waals surface area (Å²) in [4.78, 5) is 11.1. The van der Waals surface area contributed by atoms with Crippen molar-refractivity contribution < 1.29 is 84.2 Å². The molecule has 0 amide bonds. The van der Waals surface area contributed by atoms with Crippen LogP contribution in [0.3, 0.4) is 0 Å². The van der Waals surface area contributed by atoms with E-state index in [2.05, 4.69) is 4.74 Å². The van der Waals surface area contributed by atoms with Gasteiger partial charge in [0, 0.05) is 11.6 Å². The minimum absolute atomic E-state index is 0.144. The van der Waals surface area contributed by atoms with Crippen LogP contribution < -0.4 is 0 Å². The maximum Gasteiger partial charge on any atom is 0.460 e. The maximum absolute atomic E-state index is 13.6. The molecule has 0 unspecified atom stereocenters. The summed E-state index contributed by atoms with van der Waals surface area (Å²) in [6.45, 7) is 0.505. The van der Waals surface area contributed by atoms with Crippen molar-refractivity contribution in [2.24, 2.45) is 0 Å². The number of esters is 1. The van der Waals surface area contributed by atoms with Crippen LogP contribution in [0.1, 0.15) is 13.8 Å². The average Bonchev–Trinajstić information content (AvgIpc) is 2.59. The second-order valence-electron chi connectivity index (χ2n) is 6.11. The summed E-state index contributed by atoms with van der Waals surface area (Å²) in [7, 11) is 0.